The van der Waals surface area contributed by atoms with Gasteiger partial charge in [-0.05, 0) is 25.7 Å². The number of hydrogen-bond acceptors (Lipinski definition) is 3. The molecule has 16 heavy (non-hydrogen) atoms. The van der Waals surface area contributed by atoms with Crippen molar-refractivity contribution < 1.29 is 9.90 Å². The van der Waals surface area contributed by atoms with Crippen LogP contribution < -0.4 is 5.32 Å². The van der Waals surface area contributed by atoms with Crippen molar-refractivity contribution in [3.05, 3.63) is 0 Å². The standard InChI is InChI=1S/C12H21NO2S/c1-8-5-11(7-16-8)13-10-4-2-3-9(6-10)12(14)15/h8-11,13H,2-7H2,1H3,(H,14,15). The molecule has 92 valence electrons. The van der Waals surface area contributed by atoms with Crippen LogP contribution in [0.15, 0.2) is 0 Å². The summed E-state index contributed by atoms with van der Waals surface area (Å²) in [6.07, 6.45) is 5.14. The maximum atomic E-state index is 11.0. The van der Waals surface area contributed by atoms with E-state index in [2.05, 4.69) is 12.2 Å². The molecule has 1 saturated carbocycles. The van der Waals surface area contributed by atoms with Crippen molar-refractivity contribution in [1.29, 1.82) is 0 Å². The number of nitrogens with one attached hydrogen (secondary N) is 1. The molecule has 2 fully saturated rings. The fourth-order valence-electron chi connectivity index (χ4n) is 2.83. The zero-order valence-corrected chi connectivity index (χ0v) is 10.6. The topological polar surface area (TPSA) is 49.3 Å². The number of thioether (sulfide) groups is 1. The first-order valence-electron chi connectivity index (χ1n) is 6.25. The zero-order chi connectivity index (χ0) is 11.5. The fourth-order valence-corrected chi connectivity index (χ4v) is 3.99. The molecule has 1 saturated heterocycles. The number of carboxylic acids is 1. The number of hydrogen-bond donors (Lipinski definition) is 2. The van der Waals surface area contributed by atoms with Crippen molar-refractivity contribution in [2.45, 2.75) is 56.4 Å². The van der Waals surface area contributed by atoms with E-state index in [0.29, 0.717) is 12.1 Å². The van der Waals surface area contributed by atoms with E-state index >= 15 is 0 Å². The van der Waals surface area contributed by atoms with Gasteiger partial charge in [0, 0.05) is 23.1 Å². The molecule has 2 aliphatic rings. The number of carbonyl (C=O) groups is 1. The molecule has 1 aliphatic heterocycles. The molecular weight excluding hydrogens is 222 g/mol. The Labute approximate surface area is 101 Å². The molecule has 4 atom stereocenters. The molecule has 3 nitrogen and oxygen atoms in total. The molecule has 2 N–H and O–H groups in total. The first kappa shape index (κ1) is 12.2. The highest BCUT2D eigenvalue weighted by atomic mass is 32.2. The third kappa shape index (κ3) is 3.14. The monoisotopic (exact) mass is 243 g/mol. The Morgan fingerprint density at radius 3 is 2.75 bits per heavy atom. The van der Waals surface area contributed by atoms with Crippen LogP contribution in [-0.2, 0) is 4.79 Å². The van der Waals surface area contributed by atoms with E-state index in [1.165, 1.54) is 12.2 Å². The lowest BCUT2D eigenvalue weighted by atomic mass is 9.85. The second kappa shape index (κ2) is 5.41. The van der Waals surface area contributed by atoms with Crippen molar-refractivity contribution in [3.63, 3.8) is 0 Å². The molecule has 0 aromatic heterocycles. The van der Waals surface area contributed by atoms with E-state index in [0.717, 1.165) is 30.9 Å². The van der Waals surface area contributed by atoms with Gasteiger partial charge in [0.15, 0.2) is 0 Å². The van der Waals surface area contributed by atoms with Crippen molar-refractivity contribution >= 4 is 17.7 Å². The molecule has 4 heteroatoms. The van der Waals surface area contributed by atoms with Gasteiger partial charge < -0.3 is 10.4 Å². The highest BCUT2D eigenvalue weighted by molar-refractivity contribution is 8.00. The summed E-state index contributed by atoms with van der Waals surface area (Å²) < 4.78 is 0. The quantitative estimate of drug-likeness (QED) is 0.797. The van der Waals surface area contributed by atoms with Gasteiger partial charge in [-0.25, -0.2) is 0 Å². The molecule has 0 aromatic carbocycles. The molecule has 1 aliphatic carbocycles. The van der Waals surface area contributed by atoms with Gasteiger partial charge in [0.05, 0.1) is 5.92 Å². The zero-order valence-electron chi connectivity index (χ0n) is 9.82. The number of rotatable bonds is 3. The molecule has 1 heterocycles. The Morgan fingerprint density at radius 1 is 1.31 bits per heavy atom. The first-order valence-corrected chi connectivity index (χ1v) is 7.30. The SMILES string of the molecule is CC1CC(NC2CCCC(C(=O)O)C2)CS1. The van der Waals surface area contributed by atoms with Crippen LogP contribution in [0.5, 0.6) is 0 Å². The minimum atomic E-state index is -0.610. The summed E-state index contributed by atoms with van der Waals surface area (Å²) in [5, 5.41) is 13.4. The number of carboxylic acid groups (broad SMARTS) is 1. The van der Waals surface area contributed by atoms with Gasteiger partial charge in [0.2, 0.25) is 0 Å². The van der Waals surface area contributed by atoms with E-state index in [4.69, 9.17) is 5.11 Å². The van der Waals surface area contributed by atoms with E-state index in [-0.39, 0.29) is 5.92 Å². The van der Waals surface area contributed by atoms with Crippen LogP contribution in [0.25, 0.3) is 0 Å². The van der Waals surface area contributed by atoms with Crippen LogP contribution in [0.1, 0.15) is 39.0 Å². The maximum absolute atomic E-state index is 11.0. The fraction of sp³-hybridized carbons (Fsp3) is 0.917. The average molecular weight is 243 g/mol. The molecule has 0 amide bonds. The van der Waals surface area contributed by atoms with Gasteiger partial charge in [0.1, 0.15) is 0 Å². The molecule has 0 aromatic rings. The Bertz CT molecular complexity index is 259. The van der Waals surface area contributed by atoms with Crippen LogP contribution in [0.3, 0.4) is 0 Å². The third-order valence-electron chi connectivity index (χ3n) is 3.69. The van der Waals surface area contributed by atoms with E-state index in [1.54, 1.807) is 0 Å². The Balaban J connectivity index is 1.79. The summed E-state index contributed by atoms with van der Waals surface area (Å²) in [6.45, 7) is 2.27. The Kier molecular flexibility index (Phi) is 4.14. The van der Waals surface area contributed by atoms with Crippen molar-refractivity contribution in [2.75, 3.05) is 5.75 Å². The van der Waals surface area contributed by atoms with Gasteiger partial charge in [-0.3, -0.25) is 4.79 Å². The largest absolute Gasteiger partial charge is 0.481 e. The second-order valence-corrected chi connectivity index (χ2v) is 6.61. The predicted octanol–water partition coefficient (Wildman–Crippen LogP) is 2.11. The van der Waals surface area contributed by atoms with Crippen molar-refractivity contribution in [2.24, 2.45) is 5.92 Å². The van der Waals surface area contributed by atoms with Crippen LogP contribution in [0.4, 0.5) is 0 Å². The normalized spacial score (nSPS) is 39.8. The molecule has 0 spiro atoms. The van der Waals surface area contributed by atoms with E-state index in [9.17, 15) is 4.79 Å². The maximum Gasteiger partial charge on any atom is 0.306 e. The van der Waals surface area contributed by atoms with E-state index < -0.39 is 5.97 Å². The highest BCUT2D eigenvalue weighted by Crippen LogP contribution is 2.29. The van der Waals surface area contributed by atoms with E-state index in [1.807, 2.05) is 11.8 Å². The summed E-state index contributed by atoms with van der Waals surface area (Å²) in [6, 6.07) is 1.04. The summed E-state index contributed by atoms with van der Waals surface area (Å²) in [5.41, 5.74) is 0. The summed E-state index contributed by atoms with van der Waals surface area (Å²) in [4.78, 5) is 11.0. The summed E-state index contributed by atoms with van der Waals surface area (Å²) >= 11 is 2.02. The lowest BCUT2D eigenvalue weighted by molar-refractivity contribution is -0.143. The minimum Gasteiger partial charge on any atom is -0.481 e. The number of aliphatic carboxylic acids is 1. The summed E-state index contributed by atoms with van der Waals surface area (Å²) in [7, 11) is 0. The predicted molar refractivity (Wildman–Crippen MR) is 66.8 cm³/mol. The molecular formula is C12H21NO2S. The molecule has 2 rings (SSSR count). The van der Waals surface area contributed by atoms with Gasteiger partial charge in [-0.15, -0.1) is 0 Å². The van der Waals surface area contributed by atoms with Crippen molar-refractivity contribution in [1.82, 2.24) is 5.32 Å². The molecule has 0 radical (unpaired) electrons. The smallest absolute Gasteiger partial charge is 0.306 e. The van der Waals surface area contributed by atoms with Crippen molar-refractivity contribution in [3.8, 4) is 0 Å². The highest BCUT2D eigenvalue weighted by Gasteiger charge is 2.30. The molecule has 4 unspecified atom stereocenters. The van der Waals surface area contributed by atoms with Gasteiger partial charge in [-0.2, -0.15) is 11.8 Å². The van der Waals surface area contributed by atoms with Crippen LogP contribution in [-0.4, -0.2) is 34.2 Å². The second-order valence-electron chi connectivity index (χ2n) is 5.14. The Morgan fingerprint density at radius 2 is 2.12 bits per heavy atom. The van der Waals surface area contributed by atoms with Gasteiger partial charge in [0.25, 0.3) is 0 Å². The van der Waals surface area contributed by atoms with Crippen LogP contribution in [0.2, 0.25) is 0 Å². The van der Waals surface area contributed by atoms with Crippen LogP contribution in [0, 0.1) is 5.92 Å². The lowest BCUT2D eigenvalue weighted by Gasteiger charge is -2.29. The van der Waals surface area contributed by atoms with Gasteiger partial charge in [-0.1, -0.05) is 13.3 Å². The average Bonchev–Trinajstić information content (AvgIpc) is 2.64. The van der Waals surface area contributed by atoms with Crippen LogP contribution >= 0.6 is 11.8 Å². The first-order chi connectivity index (χ1) is 7.65. The molecule has 0 bridgehead atoms. The van der Waals surface area contributed by atoms with Gasteiger partial charge >= 0.3 is 5.97 Å². The third-order valence-corrected chi connectivity index (χ3v) is 5.05. The lowest BCUT2D eigenvalue weighted by Crippen LogP contribution is -2.42. The Hall–Kier alpha value is -0.220. The minimum absolute atomic E-state index is 0.113. The summed E-state index contributed by atoms with van der Waals surface area (Å²) in [5.74, 6) is 0.466.